The summed E-state index contributed by atoms with van der Waals surface area (Å²) in [5.41, 5.74) is 3.42. The largest absolute Gasteiger partial charge is 0.489 e. The summed E-state index contributed by atoms with van der Waals surface area (Å²) in [4.78, 5) is 24.0. The van der Waals surface area contributed by atoms with E-state index in [9.17, 15) is 9.90 Å². The molecule has 3 aromatic heterocycles. The number of aryl methyl sites for hydroxylation is 2. The number of rotatable bonds is 5. The number of aromatic nitrogens is 3. The van der Waals surface area contributed by atoms with Crippen LogP contribution in [0.1, 0.15) is 24.7 Å². The summed E-state index contributed by atoms with van der Waals surface area (Å²) in [5.74, 6) is 0.668. The number of likely N-dealkylation sites (tertiary alicyclic amines) is 1. The molecule has 5 rings (SSSR count). The van der Waals surface area contributed by atoms with E-state index in [1.165, 1.54) is 0 Å². The van der Waals surface area contributed by atoms with Gasteiger partial charge in [-0.25, -0.2) is 9.78 Å². The molecule has 1 aliphatic heterocycles. The van der Waals surface area contributed by atoms with Gasteiger partial charge in [0.05, 0.1) is 29.3 Å². The maximum absolute atomic E-state index is 12.8. The molecule has 4 aromatic rings. The van der Waals surface area contributed by atoms with Crippen LogP contribution in [-0.4, -0.2) is 56.2 Å². The lowest BCUT2D eigenvalue weighted by molar-refractivity contribution is 0.138. The van der Waals surface area contributed by atoms with Crippen LogP contribution in [0.4, 0.5) is 0 Å². The number of nitrogens with zero attached hydrogens (tertiary/aromatic N) is 4. The molecule has 1 aromatic carbocycles. The average Bonchev–Trinajstić information content (AvgIpc) is 3.40. The monoisotopic (exact) mass is 434 g/mol. The lowest BCUT2D eigenvalue weighted by atomic mass is 10.1. The van der Waals surface area contributed by atoms with Gasteiger partial charge in [0.25, 0.3) is 0 Å². The molecule has 1 aliphatic rings. The second kappa shape index (κ2) is 8.03. The van der Waals surface area contributed by atoms with Gasteiger partial charge in [-0.15, -0.1) is 0 Å². The summed E-state index contributed by atoms with van der Waals surface area (Å²) in [5, 5.41) is 10.2. The van der Waals surface area contributed by atoms with Crippen molar-refractivity contribution >= 4 is 16.6 Å². The summed E-state index contributed by atoms with van der Waals surface area (Å²) >= 11 is 0. The zero-order chi connectivity index (χ0) is 22.4. The predicted molar refractivity (Wildman–Crippen MR) is 121 cm³/mol. The van der Waals surface area contributed by atoms with Gasteiger partial charge >= 0.3 is 5.63 Å². The fourth-order valence-corrected chi connectivity index (χ4v) is 4.34. The third-order valence-electron chi connectivity index (χ3n) is 6.08. The molecule has 0 bridgehead atoms. The van der Waals surface area contributed by atoms with E-state index >= 15 is 0 Å². The first kappa shape index (κ1) is 20.7. The Morgan fingerprint density at radius 3 is 2.91 bits per heavy atom. The lowest BCUT2D eigenvalue weighted by Gasteiger charge is -2.22. The standard InChI is InChI=1S/C24H26N4O4/c1-14-10-28-12-21(26-23(28)16(3)25-14)20-8-17-4-5-18(9-22(17)32-24(20)30)31-19-6-7-27(11-19)15(2)13-29/h4-5,8-10,12,15,19,29H,6-7,11,13H2,1-3H3/t15?,19-/m1/s1. The number of hydrogen-bond acceptors (Lipinski definition) is 7. The van der Waals surface area contributed by atoms with Crippen LogP contribution >= 0.6 is 0 Å². The smallest absolute Gasteiger partial charge is 0.345 e. The van der Waals surface area contributed by atoms with E-state index in [2.05, 4.69) is 14.9 Å². The average molecular weight is 434 g/mol. The first-order chi connectivity index (χ1) is 15.4. The fourth-order valence-electron chi connectivity index (χ4n) is 4.34. The van der Waals surface area contributed by atoms with Crippen LogP contribution in [0.5, 0.6) is 5.75 Å². The summed E-state index contributed by atoms with van der Waals surface area (Å²) < 4.78 is 13.6. The molecule has 1 unspecified atom stereocenters. The highest BCUT2D eigenvalue weighted by Crippen LogP contribution is 2.27. The Morgan fingerprint density at radius 1 is 1.25 bits per heavy atom. The summed E-state index contributed by atoms with van der Waals surface area (Å²) in [6, 6.07) is 7.49. The number of imidazole rings is 1. The van der Waals surface area contributed by atoms with Crippen LogP contribution < -0.4 is 10.4 Å². The lowest BCUT2D eigenvalue weighted by Crippen LogP contribution is -2.35. The molecular weight excluding hydrogens is 408 g/mol. The summed E-state index contributed by atoms with van der Waals surface area (Å²) in [7, 11) is 0. The van der Waals surface area contributed by atoms with Gasteiger partial charge in [-0.05, 0) is 45.4 Å². The Bertz CT molecular complexity index is 1360. The molecule has 0 amide bonds. The van der Waals surface area contributed by atoms with Crippen molar-refractivity contribution in [1.29, 1.82) is 0 Å². The van der Waals surface area contributed by atoms with Crippen LogP contribution in [0.15, 0.2) is 45.9 Å². The van der Waals surface area contributed by atoms with Crippen molar-refractivity contribution in [3.05, 3.63) is 58.5 Å². The van der Waals surface area contributed by atoms with Gasteiger partial charge in [0.2, 0.25) is 0 Å². The molecule has 0 aliphatic carbocycles. The van der Waals surface area contributed by atoms with Crippen molar-refractivity contribution in [2.45, 2.75) is 39.3 Å². The van der Waals surface area contributed by atoms with Crippen molar-refractivity contribution in [2.75, 3.05) is 19.7 Å². The molecule has 1 fully saturated rings. The highest BCUT2D eigenvalue weighted by Gasteiger charge is 2.27. The van der Waals surface area contributed by atoms with Crippen molar-refractivity contribution in [3.8, 4) is 17.0 Å². The molecule has 2 atom stereocenters. The molecular formula is C24H26N4O4. The van der Waals surface area contributed by atoms with Crippen LogP contribution in [0, 0.1) is 13.8 Å². The van der Waals surface area contributed by atoms with E-state index in [0.717, 1.165) is 41.9 Å². The molecule has 0 radical (unpaired) electrons. The van der Waals surface area contributed by atoms with E-state index in [1.807, 2.05) is 55.8 Å². The van der Waals surface area contributed by atoms with Crippen LogP contribution in [0.3, 0.4) is 0 Å². The van der Waals surface area contributed by atoms with Crippen molar-refractivity contribution in [3.63, 3.8) is 0 Å². The Labute approximate surface area is 185 Å². The van der Waals surface area contributed by atoms with Gasteiger partial charge in [-0.1, -0.05) is 0 Å². The second-order valence-electron chi connectivity index (χ2n) is 8.53. The van der Waals surface area contributed by atoms with Gasteiger partial charge in [0.15, 0.2) is 5.65 Å². The van der Waals surface area contributed by atoms with E-state index in [1.54, 1.807) is 6.07 Å². The topological polar surface area (TPSA) is 93.1 Å². The molecule has 32 heavy (non-hydrogen) atoms. The minimum absolute atomic E-state index is 0.0470. The third-order valence-corrected chi connectivity index (χ3v) is 6.08. The molecule has 8 heteroatoms. The molecule has 8 nitrogen and oxygen atoms in total. The van der Waals surface area contributed by atoms with Gasteiger partial charge in [0, 0.05) is 43.0 Å². The quantitative estimate of drug-likeness (QED) is 0.483. The first-order valence-corrected chi connectivity index (χ1v) is 10.8. The Morgan fingerprint density at radius 2 is 2.09 bits per heavy atom. The van der Waals surface area contributed by atoms with Crippen molar-refractivity contribution in [1.82, 2.24) is 19.3 Å². The highest BCUT2D eigenvalue weighted by atomic mass is 16.5. The van der Waals surface area contributed by atoms with Crippen molar-refractivity contribution < 1.29 is 14.3 Å². The van der Waals surface area contributed by atoms with E-state index in [4.69, 9.17) is 9.15 Å². The Balaban J connectivity index is 1.43. The van der Waals surface area contributed by atoms with Crippen LogP contribution in [0.25, 0.3) is 27.9 Å². The van der Waals surface area contributed by atoms with Crippen LogP contribution in [0.2, 0.25) is 0 Å². The van der Waals surface area contributed by atoms with Crippen LogP contribution in [-0.2, 0) is 0 Å². The maximum atomic E-state index is 12.8. The SMILES string of the molecule is Cc1cn2cc(-c3cc4ccc(O[C@@H]5CCN(C(C)CO)C5)cc4oc3=O)nc2c(C)n1. The van der Waals surface area contributed by atoms with Crippen molar-refractivity contribution in [2.24, 2.45) is 0 Å². The number of aliphatic hydroxyl groups is 1. The minimum Gasteiger partial charge on any atom is -0.489 e. The predicted octanol–water partition coefficient (Wildman–Crippen LogP) is 2.95. The van der Waals surface area contributed by atoms with Gasteiger partial charge in [0.1, 0.15) is 17.4 Å². The summed E-state index contributed by atoms with van der Waals surface area (Å²) in [6.45, 7) is 7.63. The molecule has 0 saturated carbocycles. The fraction of sp³-hybridized carbons (Fsp3) is 0.375. The maximum Gasteiger partial charge on any atom is 0.345 e. The molecule has 166 valence electrons. The molecule has 1 saturated heterocycles. The normalized spacial score (nSPS) is 17.9. The Kier molecular flexibility index (Phi) is 5.19. The number of aliphatic hydroxyl groups excluding tert-OH is 1. The third kappa shape index (κ3) is 3.76. The summed E-state index contributed by atoms with van der Waals surface area (Å²) in [6.07, 6.45) is 4.65. The van der Waals surface area contributed by atoms with Gasteiger partial charge in [-0.2, -0.15) is 0 Å². The molecule has 4 heterocycles. The highest BCUT2D eigenvalue weighted by molar-refractivity contribution is 5.82. The number of ether oxygens (including phenoxy) is 1. The minimum atomic E-state index is -0.441. The second-order valence-corrected chi connectivity index (χ2v) is 8.53. The molecule has 1 N–H and O–H groups in total. The first-order valence-electron chi connectivity index (χ1n) is 10.8. The van der Waals surface area contributed by atoms with E-state index in [-0.39, 0.29) is 18.8 Å². The van der Waals surface area contributed by atoms with Gasteiger partial charge in [-0.3, -0.25) is 9.88 Å². The number of hydrogen-bond donors (Lipinski definition) is 1. The van der Waals surface area contributed by atoms with E-state index < -0.39 is 5.63 Å². The van der Waals surface area contributed by atoms with Gasteiger partial charge < -0.3 is 18.7 Å². The Hall–Kier alpha value is -3.23. The molecule has 0 spiro atoms. The number of benzene rings is 1. The zero-order valence-corrected chi connectivity index (χ0v) is 18.4. The zero-order valence-electron chi connectivity index (χ0n) is 18.4. The number of fused-ring (bicyclic) bond motifs is 2. The van der Waals surface area contributed by atoms with E-state index in [0.29, 0.717) is 22.6 Å².